The highest BCUT2D eigenvalue weighted by atomic mass is 19.3. The second kappa shape index (κ2) is 7.16. The summed E-state index contributed by atoms with van der Waals surface area (Å²) in [5, 5.41) is 5.03. The van der Waals surface area contributed by atoms with Crippen LogP contribution in [0.1, 0.15) is 47.6 Å². The van der Waals surface area contributed by atoms with Gasteiger partial charge in [0.15, 0.2) is 5.76 Å². The van der Waals surface area contributed by atoms with Gasteiger partial charge in [-0.3, -0.25) is 4.79 Å². The third-order valence-electron chi connectivity index (χ3n) is 5.78. The van der Waals surface area contributed by atoms with Crippen molar-refractivity contribution in [3.8, 4) is 0 Å². The molecular weight excluding hydrogens is 392 g/mol. The summed E-state index contributed by atoms with van der Waals surface area (Å²) in [4.78, 5) is 22.7. The van der Waals surface area contributed by atoms with E-state index in [-0.39, 0.29) is 35.0 Å². The summed E-state index contributed by atoms with van der Waals surface area (Å²) in [6.07, 6.45) is -0.678. The molecule has 1 aliphatic heterocycles. The summed E-state index contributed by atoms with van der Waals surface area (Å²) < 4.78 is 34.0. The number of hydrogen-bond donors (Lipinski definition) is 0. The zero-order valence-electron chi connectivity index (χ0n) is 16.2. The molecule has 154 valence electrons. The van der Waals surface area contributed by atoms with Crippen molar-refractivity contribution in [2.24, 2.45) is 5.92 Å². The number of fused-ring (bicyclic) bond motifs is 2. The molecule has 1 fully saturated rings. The van der Waals surface area contributed by atoms with Crippen LogP contribution in [0.2, 0.25) is 0 Å². The van der Waals surface area contributed by atoms with Gasteiger partial charge >= 0.3 is 0 Å². The third-order valence-corrected chi connectivity index (χ3v) is 5.78. The highest BCUT2D eigenvalue weighted by molar-refractivity contribution is 5.96. The standard InChI is InChI=1S/C21H19F2N5O2/c1-12-6-7-27(20(29)18-8-13-4-2-3-5-17(13)30-18)10-14(12)16-9-15(19(22)23)26-21-24-11-25-28(16)21/h2-5,8-9,11-12,14,19H,6-7,10H2,1H3/t12?,14-/m1/s1. The topological polar surface area (TPSA) is 76.5 Å². The van der Waals surface area contributed by atoms with E-state index in [0.29, 0.717) is 24.4 Å². The van der Waals surface area contributed by atoms with Gasteiger partial charge in [-0.15, -0.1) is 0 Å². The first-order chi connectivity index (χ1) is 14.5. The number of carbonyl (C=O) groups is 1. The van der Waals surface area contributed by atoms with Crippen molar-refractivity contribution in [2.75, 3.05) is 13.1 Å². The molecule has 1 aromatic carbocycles. The minimum atomic E-state index is -2.71. The number of hydrogen-bond acceptors (Lipinski definition) is 5. The van der Waals surface area contributed by atoms with Gasteiger partial charge in [-0.25, -0.2) is 18.3 Å². The lowest BCUT2D eigenvalue weighted by atomic mass is 9.84. The van der Waals surface area contributed by atoms with Gasteiger partial charge in [0.1, 0.15) is 17.6 Å². The quantitative estimate of drug-likeness (QED) is 0.508. The van der Waals surface area contributed by atoms with Crippen molar-refractivity contribution < 1.29 is 18.0 Å². The molecule has 1 unspecified atom stereocenters. The first-order valence-electron chi connectivity index (χ1n) is 9.78. The number of para-hydroxylation sites is 1. The molecule has 0 N–H and O–H groups in total. The molecule has 1 amide bonds. The second-order valence-electron chi connectivity index (χ2n) is 7.65. The van der Waals surface area contributed by atoms with Crippen LogP contribution >= 0.6 is 0 Å². The van der Waals surface area contributed by atoms with Crippen molar-refractivity contribution >= 4 is 22.7 Å². The molecule has 0 radical (unpaired) electrons. The van der Waals surface area contributed by atoms with Crippen LogP contribution < -0.4 is 0 Å². The van der Waals surface area contributed by atoms with Crippen molar-refractivity contribution in [3.63, 3.8) is 0 Å². The minimum Gasteiger partial charge on any atom is -0.451 e. The van der Waals surface area contributed by atoms with Gasteiger partial charge in [-0.05, 0) is 30.5 Å². The largest absolute Gasteiger partial charge is 0.451 e. The molecule has 4 aromatic rings. The Morgan fingerprint density at radius 3 is 2.90 bits per heavy atom. The average Bonchev–Trinajstić information content (AvgIpc) is 3.39. The van der Waals surface area contributed by atoms with E-state index in [0.717, 1.165) is 11.8 Å². The molecule has 9 heteroatoms. The third kappa shape index (κ3) is 3.10. The van der Waals surface area contributed by atoms with Crippen LogP contribution in [0.3, 0.4) is 0 Å². The number of halogens is 2. The van der Waals surface area contributed by atoms with E-state index in [9.17, 15) is 13.6 Å². The zero-order valence-corrected chi connectivity index (χ0v) is 16.2. The maximum atomic E-state index is 13.4. The molecule has 2 atom stereocenters. The lowest BCUT2D eigenvalue weighted by Crippen LogP contribution is -2.42. The van der Waals surface area contributed by atoms with E-state index >= 15 is 0 Å². The molecule has 0 saturated carbocycles. The van der Waals surface area contributed by atoms with Crippen LogP contribution in [-0.4, -0.2) is 43.5 Å². The van der Waals surface area contributed by atoms with Crippen molar-refractivity contribution in [2.45, 2.75) is 25.7 Å². The van der Waals surface area contributed by atoms with Crippen LogP contribution in [0.5, 0.6) is 0 Å². The molecular formula is C21H19F2N5O2. The van der Waals surface area contributed by atoms with Gasteiger partial charge in [0.2, 0.25) is 0 Å². The number of piperidine rings is 1. The van der Waals surface area contributed by atoms with Gasteiger partial charge in [-0.1, -0.05) is 25.1 Å². The maximum Gasteiger partial charge on any atom is 0.289 e. The molecule has 0 aliphatic carbocycles. The molecule has 5 rings (SSSR count). The molecule has 1 aliphatic rings. The highest BCUT2D eigenvalue weighted by Crippen LogP contribution is 2.34. The fourth-order valence-corrected chi connectivity index (χ4v) is 4.11. The second-order valence-corrected chi connectivity index (χ2v) is 7.65. The number of amides is 1. The molecule has 4 heterocycles. The number of alkyl halides is 2. The Bertz CT molecular complexity index is 1200. The molecule has 30 heavy (non-hydrogen) atoms. The Hall–Kier alpha value is -3.36. The average molecular weight is 411 g/mol. The Kier molecular flexibility index (Phi) is 4.45. The predicted molar refractivity (Wildman–Crippen MR) is 104 cm³/mol. The minimum absolute atomic E-state index is 0.135. The van der Waals surface area contributed by atoms with Crippen LogP contribution in [-0.2, 0) is 0 Å². The van der Waals surface area contributed by atoms with Crippen LogP contribution in [0.15, 0.2) is 47.1 Å². The fourth-order valence-electron chi connectivity index (χ4n) is 4.11. The Morgan fingerprint density at radius 2 is 2.10 bits per heavy atom. The van der Waals surface area contributed by atoms with Gasteiger partial charge in [0.05, 0.1) is 5.69 Å². The van der Waals surface area contributed by atoms with E-state index in [4.69, 9.17) is 4.42 Å². The number of carbonyl (C=O) groups excluding carboxylic acids is 1. The number of furan rings is 1. The van der Waals surface area contributed by atoms with E-state index < -0.39 is 6.43 Å². The molecule has 7 nitrogen and oxygen atoms in total. The molecule has 0 spiro atoms. The number of aromatic nitrogens is 4. The van der Waals surface area contributed by atoms with E-state index in [1.807, 2.05) is 24.3 Å². The number of likely N-dealkylation sites (tertiary alicyclic amines) is 1. The van der Waals surface area contributed by atoms with Crippen LogP contribution in [0.25, 0.3) is 16.7 Å². The summed E-state index contributed by atoms with van der Waals surface area (Å²) in [6.45, 7) is 3.00. The number of nitrogens with zero attached hydrogens (tertiary/aromatic N) is 5. The number of benzene rings is 1. The lowest BCUT2D eigenvalue weighted by Gasteiger charge is -2.36. The Morgan fingerprint density at radius 1 is 1.27 bits per heavy atom. The van der Waals surface area contributed by atoms with E-state index in [1.165, 1.54) is 16.9 Å². The molecule has 1 saturated heterocycles. The summed E-state index contributed by atoms with van der Waals surface area (Å²) in [7, 11) is 0. The van der Waals surface area contributed by atoms with E-state index in [1.54, 1.807) is 11.0 Å². The Labute approximate surface area is 170 Å². The summed E-state index contributed by atoms with van der Waals surface area (Å²) in [5.41, 5.74) is 0.906. The molecule has 3 aromatic heterocycles. The van der Waals surface area contributed by atoms with Gasteiger partial charge in [0.25, 0.3) is 18.1 Å². The van der Waals surface area contributed by atoms with Crippen LogP contribution in [0.4, 0.5) is 8.78 Å². The monoisotopic (exact) mass is 411 g/mol. The van der Waals surface area contributed by atoms with Crippen LogP contribution in [0, 0.1) is 5.92 Å². The first-order valence-corrected chi connectivity index (χ1v) is 9.78. The summed E-state index contributed by atoms with van der Waals surface area (Å²) in [6, 6.07) is 10.6. The Balaban J connectivity index is 1.49. The van der Waals surface area contributed by atoms with Crippen molar-refractivity contribution in [1.82, 2.24) is 24.5 Å². The summed E-state index contributed by atoms with van der Waals surface area (Å²) in [5.74, 6) is 0.192. The van der Waals surface area contributed by atoms with Gasteiger partial charge < -0.3 is 9.32 Å². The summed E-state index contributed by atoms with van der Waals surface area (Å²) >= 11 is 0. The van der Waals surface area contributed by atoms with Gasteiger partial charge in [0, 0.05) is 24.4 Å². The smallest absolute Gasteiger partial charge is 0.289 e. The first kappa shape index (κ1) is 18.7. The highest BCUT2D eigenvalue weighted by Gasteiger charge is 2.34. The number of rotatable bonds is 3. The normalized spacial score (nSPS) is 19.8. The van der Waals surface area contributed by atoms with Gasteiger partial charge in [-0.2, -0.15) is 10.1 Å². The molecule has 0 bridgehead atoms. The van der Waals surface area contributed by atoms with Crippen molar-refractivity contribution in [3.05, 3.63) is 59.9 Å². The maximum absolute atomic E-state index is 13.4. The fraction of sp³-hybridized carbons (Fsp3) is 0.333. The van der Waals surface area contributed by atoms with E-state index in [2.05, 4.69) is 22.0 Å². The van der Waals surface area contributed by atoms with Crippen molar-refractivity contribution in [1.29, 1.82) is 0 Å². The predicted octanol–water partition coefficient (Wildman–Crippen LogP) is 4.07. The SMILES string of the molecule is CC1CCN(C(=O)c2cc3ccccc3o2)C[C@H]1c1cc(C(F)F)nc2ncnn12. The zero-order chi connectivity index (χ0) is 20.8. The lowest BCUT2D eigenvalue weighted by molar-refractivity contribution is 0.0636.